The van der Waals surface area contributed by atoms with Crippen LogP contribution >= 0.6 is 0 Å². The van der Waals surface area contributed by atoms with Gasteiger partial charge in [0.15, 0.2) is 0 Å². The summed E-state index contributed by atoms with van der Waals surface area (Å²) >= 11 is 0. The number of carbonyl (C=O) groups is 1. The molecular weight excluding hydrogens is 320 g/mol. The largest absolute Gasteiger partial charge is 0.445 e. The van der Waals surface area contributed by atoms with Gasteiger partial charge in [0.25, 0.3) is 5.56 Å². The van der Waals surface area contributed by atoms with Crippen LogP contribution in [0.1, 0.15) is 16.8 Å². The number of aromatic nitrogens is 3. The SMILES string of the molecule is Cn1c2c(c3cn[nH]c(=O)c31)CCN(C(=O)OCc1ccccc1)C2. The van der Waals surface area contributed by atoms with Crippen LogP contribution in [0, 0.1) is 0 Å². The molecule has 1 aromatic carbocycles. The van der Waals surface area contributed by atoms with E-state index in [0.29, 0.717) is 25.0 Å². The minimum atomic E-state index is -0.341. The summed E-state index contributed by atoms with van der Waals surface area (Å²) in [6, 6.07) is 9.60. The van der Waals surface area contributed by atoms with Crippen molar-refractivity contribution in [1.29, 1.82) is 0 Å². The van der Waals surface area contributed by atoms with Gasteiger partial charge in [0.1, 0.15) is 12.1 Å². The smallest absolute Gasteiger partial charge is 0.410 e. The van der Waals surface area contributed by atoms with Crippen molar-refractivity contribution in [2.24, 2.45) is 7.05 Å². The predicted octanol–water partition coefficient (Wildman–Crippen LogP) is 1.96. The van der Waals surface area contributed by atoms with Gasteiger partial charge in [-0.05, 0) is 17.5 Å². The second kappa shape index (κ2) is 6.08. The van der Waals surface area contributed by atoms with E-state index in [0.717, 1.165) is 22.2 Å². The number of benzene rings is 1. The number of hydrogen-bond acceptors (Lipinski definition) is 4. The predicted molar refractivity (Wildman–Crippen MR) is 92.1 cm³/mol. The van der Waals surface area contributed by atoms with Gasteiger partial charge in [-0.25, -0.2) is 9.89 Å². The van der Waals surface area contributed by atoms with Crippen LogP contribution in [0.5, 0.6) is 0 Å². The van der Waals surface area contributed by atoms with Crippen molar-refractivity contribution >= 4 is 17.0 Å². The van der Waals surface area contributed by atoms with E-state index >= 15 is 0 Å². The summed E-state index contributed by atoms with van der Waals surface area (Å²) in [5, 5.41) is 7.22. The molecule has 7 heteroatoms. The highest BCUT2D eigenvalue weighted by Gasteiger charge is 2.27. The third-order valence-electron chi connectivity index (χ3n) is 4.68. The second-order valence-electron chi connectivity index (χ2n) is 6.16. The molecule has 0 radical (unpaired) electrons. The first-order chi connectivity index (χ1) is 12.1. The Bertz CT molecular complexity index is 991. The molecule has 0 saturated carbocycles. The lowest BCUT2D eigenvalue weighted by atomic mass is 10.1. The minimum absolute atomic E-state index is 0.215. The molecule has 1 aliphatic rings. The lowest BCUT2D eigenvalue weighted by Gasteiger charge is -2.27. The van der Waals surface area contributed by atoms with E-state index in [1.54, 1.807) is 11.1 Å². The van der Waals surface area contributed by atoms with Crippen LogP contribution < -0.4 is 5.56 Å². The van der Waals surface area contributed by atoms with Crippen LogP contribution in [0.2, 0.25) is 0 Å². The van der Waals surface area contributed by atoms with Crippen molar-refractivity contribution in [3.63, 3.8) is 0 Å². The molecule has 1 aliphatic heterocycles. The van der Waals surface area contributed by atoms with E-state index < -0.39 is 0 Å². The molecule has 25 heavy (non-hydrogen) atoms. The maximum Gasteiger partial charge on any atom is 0.410 e. The second-order valence-corrected chi connectivity index (χ2v) is 6.16. The van der Waals surface area contributed by atoms with Gasteiger partial charge in [-0.3, -0.25) is 4.79 Å². The van der Waals surface area contributed by atoms with Crippen molar-refractivity contribution < 1.29 is 9.53 Å². The lowest BCUT2D eigenvalue weighted by Crippen LogP contribution is -2.36. The van der Waals surface area contributed by atoms with Crippen LogP contribution in [-0.2, 0) is 31.4 Å². The zero-order valence-corrected chi connectivity index (χ0v) is 13.9. The number of rotatable bonds is 2. The molecule has 0 unspecified atom stereocenters. The molecule has 0 spiro atoms. The topological polar surface area (TPSA) is 80.2 Å². The first-order valence-corrected chi connectivity index (χ1v) is 8.14. The normalized spacial score (nSPS) is 13.7. The molecule has 3 heterocycles. The molecule has 0 aliphatic carbocycles. The maximum atomic E-state index is 12.4. The van der Waals surface area contributed by atoms with E-state index in [1.165, 1.54) is 0 Å². The number of aryl methyl sites for hydroxylation is 1. The zero-order valence-electron chi connectivity index (χ0n) is 13.9. The van der Waals surface area contributed by atoms with Gasteiger partial charge < -0.3 is 14.2 Å². The number of H-pyrrole nitrogens is 1. The van der Waals surface area contributed by atoms with E-state index in [-0.39, 0.29) is 18.3 Å². The van der Waals surface area contributed by atoms with Gasteiger partial charge in [-0.15, -0.1) is 0 Å². The summed E-state index contributed by atoms with van der Waals surface area (Å²) in [6.45, 7) is 1.24. The Morgan fingerprint density at radius 3 is 2.92 bits per heavy atom. The van der Waals surface area contributed by atoms with Crippen LogP contribution in [0.25, 0.3) is 10.9 Å². The van der Waals surface area contributed by atoms with Gasteiger partial charge in [0.05, 0.1) is 12.7 Å². The van der Waals surface area contributed by atoms with Gasteiger partial charge in [0, 0.05) is 24.7 Å². The zero-order chi connectivity index (χ0) is 17.4. The number of hydrogen-bond donors (Lipinski definition) is 1. The van der Waals surface area contributed by atoms with Crippen molar-refractivity contribution in [2.75, 3.05) is 6.54 Å². The molecule has 7 nitrogen and oxygen atoms in total. The highest BCUT2D eigenvalue weighted by atomic mass is 16.6. The van der Waals surface area contributed by atoms with Crippen LogP contribution in [0.15, 0.2) is 41.3 Å². The summed E-state index contributed by atoms with van der Waals surface area (Å²) in [5.74, 6) is 0. The standard InChI is InChI=1S/C18H18N4O3/c1-21-15-10-22(18(24)25-11-12-5-3-2-4-6-12)8-7-13(15)14-9-19-20-17(23)16(14)21/h2-6,9H,7-8,10-11H2,1H3,(H,20,23). The fourth-order valence-corrected chi connectivity index (χ4v) is 3.39. The highest BCUT2D eigenvalue weighted by molar-refractivity contribution is 5.84. The summed E-state index contributed by atoms with van der Waals surface area (Å²) in [7, 11) is 1.84. The molecule has 1 amide bonds. The first-order valence-electron chi connectivity index (χ1n) is 8.14. The van der Waals surface area contributed by atoms with Crippen molar-refractivity contribution in [3.8, 4) is 0 Å². The number of nitrogens with zero attached hydrogens (tertiary/aromatic N) is 3. The van der Waals surface area contributed by atoms with Gasteiger partial charge in [0.2, 0.25) is 0 Å². The Labute approximate surface area is 143 Å². The summed E-state index contributed by atoms with van der Waals surface area (Å²) in [6.07, 6.45) is 2.02. The van der Waals surface area contributed by atoms with E-state index in [4.69, 9.17) is 4.74 Å². The average Bonchev–Trinajstić information content (AvgIpc) is 2.94. The van der Waals surface area contributed by atoms with Crippen molar-refractivity contribution in [1.82, 2.24) is 19.7 Å². The highest BCUT2D eigenvalue weighted by Crippen LogP contribution is 2.28. The van der Waals surface area contributed by atoms with Gasteiger partial charge >= 0.3 is 6.09 Å². The fourth-order valence-electron chi connectivity index (χ4n) is 3.39. The molecule has 0 bridgehead atoms. The molecule has 0 saturated heterocycles. The Hall–Kier alpha value is -3.09. The first kappa shape index (κ1) is 15.4. The Morgan fingerprint density at radius 1 is 1.32 bits per heavy atom. The molecule has 0 fully saturated rings. The molecule has 4 rings (SSSR count). The molecule has 3 aromatic rings. The van der Waals surface area contributed by atoms with Crippen molar-refractivity contribution in [2.45, 2.75) is 19.6 Å². The summed E-state index contributed by atoms with van der Waals surface area (Å²) < 4.78 is 7.27. The Morgan fingerprint density at radius 2 is 2.12 bits per heavy atom. The lowest BCUT2D eigenvalue weighted by molar-refractivity contribution is 0.0911. The molecule has 1 N–H and O–H groups in total. The number of carbonyl (C=O) groups excluding carboxylic acids is 1. The maximum absolute atomic E-state index is 12.4. The Balaban J connectivity index is 1.55. The van der Waals surface area contributed by atoms with Gasteiger partial charge in [-0.1, -0.05) is 30.3 Å². The molecule has 128 valence electrons. The van der Waals surface area contributed by atoms with Crippen molar-refractivity contribution in [3.05, 3.63) is 63.7 Å². The summed E-state index contributed by atoms with van der Waals surface area (Å²) in [5.41, 5.74) is 3.38. The van der Waals surface area contributed by atoms with Crippen LogP contribution in [0.3, 0.4) is 0 Å². The quantitative estimate of drug-likeness (QED) is 0.774. The number of ether oxygens (including phenoxy) is 1. The molecular formula is C18H18N4O3. The minimum Gasteiger partial charge on any atom is -0.445 e. The number of aromatic amines is 1. The molecule has 0 atom stereocenters. The number of nitrogens with one attached hydrogen (secondary N) is 1. The Kier molecular flexibility index (Phi) is 3.76. The van der Waals surface area contributed by atoms with Gasteiger partial charge in [-0.2, -0.15) is 5.10 Å². The van der Waals surface area contributed by atoms with E-state index in [1.807, 2.05) is 41.9 Å². The molecule has 2 aromatic heterocycles. The summed E-state index contributed by atoms with van der Waals surface area (Å²) in [4.78, 5) is 26.1. The van der Waals surface area contributed by atoms with E-state index in [2.05, 4.69) is 10.2 Å². The van der Waals surface area contributed by atoms with E-state index in [9.17, 15) is 9.59 Å². The van der Waals surface area contributed by atoms with Crippen LogP contribution in [-0.4, -0.2) is 32.3 Å². The average molecular weight is 338 g/mol. The number of amides is 1. The third kappa shape index (κ3) is 2.67. The van der Waals surface area contributed by atoms with Crippen LogP contribution in [0.4, 0.5) is 4.79 Å². The monoisotopic (exact) mass is 338 g/mol. The number of fused-ring (bicyclic) bond motifs is 3. The third-order valence-corrected chi connectivity index (χ3v) is 4.68. The fraction of sp³-hybridized carbons (Fsp3) is 0.278.